The summed E-state index contributed by atoms with van der Waals surface area (Å²) in [4.78, 5) is 37.5. The van der Waals surface area contributed by atoms with Crippen LogP contribution in [0.2, 0.25) is 0 Å². The van der Waals surface area contributed by atoms with Crippen molar-refractivity contribution in [3.63, 3.8) is 0 Å². The summed E-state index contributed by atoms with van der Waals surface area (Å²) in [5, 5.41) is 0. The van der Waals surface area contributed by atoms with E-state index in [1.54, 1.807) is 13.8 Å². The minimum Gasteiger partial charge on any atom is -0.324 e. The van der Waals surface area contributed by atoms with Crippen molar-refractivity contribution in [2.45, 2.75) is 26.7 Å². The van der Waals surface area contributed by atoms with Crippen molar-refractivity contribution in [3.8, 4) is 0 Å². The third kappa shape index (κ3) is 18.9. The maximum absolute atomic E-state index is 11.9. The zero-order valence-corrected chi connectivity index (χ0v) is 22.0. The lowest BCUT2D eigenvalue weighted by Crippen LogP contribution is -2.15. The molecule has 4 N–H and O–H groups in total. The van der Waals surface area contributed by atoms with Gasteiger partial charge >= 0.3 is 30.8 Å². The fourth-order valence-electron chi connectivity index (χ4n) is 1.83. The molecule has 0 rings (SSSR count). The number of hydrogen-bond acceptors (Lipinski definition) is 10. The van der Waals surface area contributed by atoms with Gasteiger partial charge in [-0.05, 0) is 12.8 Å². The summed E-state index contributed by atoms with van der Waals surface area (Å²) >= 11 is 0. The van der Waals surface area contributed by atoms with E-state index in [4.69, 9.17) is 27.9 Å². The predicted octanol–water partition coefficient (Wildman–Crippen LogP) is 2.97. The van der Waals surface area contributed by atoms with Crippen LogP contribution in [-0.2, 0) is 45.4 Å². The average molecular weight is 550 g/mol. The Bertz CT molecular complexity index is 658. The van der Waals surface area contributed by atoms with Crippen molar-refractivity contribution in [1.29, 1.82) is 0 Å². The summed E-state index contributed by atoms with van der Waals surface area (Å²) < 4.78 is 74.4. The van der Waals surface area contributed by atoms with Gasteiger partial charge in [0.1, 0.15) is 0 Å². The average Bonchev–Trinajstić information content (AvgIpc) is 2.64. The summed E-state index contributed by atoms with van der Waals surface area (Å²) in [5.41, 5.74) is 0. The van der Waals surface area contributed by atoms with Crippen molar-refractivity contribution in [3.05, 3.63) is 0 Å². The smallest absolute Gasteiger partial charge is 0.324 e. The Kier molecular flexibility index (Phi) is 15.1. The van der Waals surface area contributed by atoms with Gasteiger partial charge < -0.3 is 28.6 Å². The van der Waals surface area contributed by atoms with Gasteiger partial charge in [-0.2, -0.15) is 0 Å². The Labute approximate surface area is 187 Å². The first-order valence-corrected chi connectivity index (χ1v) is 16.7. The molecule has 0 aromatic carbocycles. The van der Waals surface area contributed by atoms with Crippen molar-refractivity contribution >= 4 is 30.8 Å². The van der Waals surface area contributed by atoms with Crippen LogP contribution in [0.25, 0.3) is 0 Å². The molecule has 0 aliphatic carbocycles. The molecule has 0 aromatic heterocycles. The molecule has 0 aromatic rings. The van der Waals surface area contributed by atoms with Gasteiger partial charge in [0.05, 0.1) is 39.6 Å². The monoisotopic (exact) mass is 550 g/mol. The van der Waals surface area contributed by atoms with Gasteiger partial charge in [-0.15, -0.1) is 0 Å². The van der Waals surface area contributed by atoms with Crippen LogP contribution < -0.4 is 0 Å². The first kappa shape index (κ1) is 32.5. The van der Waals surface area contributed by atoms with E-state index >= 15 is 0 Å². The minimum absolute atomic E-state index is 0.160. The molecule has 6 atom stereocenters. The topological polar surface area (TPSA) is 205 Å². The summed E-state index contributed by atoms with van der Waals surface area (Å²) in [7, 11) is -16.4. The fraction of sp³-hybridized carbons (Fsp3) is 1.00. The zero-order valence-electron chi connectivity index (χ0n) is 18.5. The van der Waals surface area contributed by atoms with Crippen LogP contribution in [0.4, 0.5) is 0 Å². The number of hydrogen-bond donors (Lipinski definition) is 4. The molecule has 0 heterocycles. The highest BCUT2D eigenvalue weighted by Crippen LogP contribution is 2.46. The molecule has 0 spiro atoms. The molecule has 0 radical (unpaired) electrons. The Morgan fingerprint density at radius 3 is 1.09 bits per heavy atom. The van der Waals surface area contributed by atoms with E-state index in [0.29, 0.717) is 12.8 Å². The predicted molar refractivity (Wildman–Crippen MR) is 114 cm³/mol. The first-order chi connectivity index (χ1) is 14.5. The van der Waals surface area contributed by atoms with E-state index in [1.807, 2.05) is 0 Å². The molecular weight excluding hydrogens is 516 g/mol. The van der Waals surface area contributed by atoms with Gasteiger partial charge in [-0.25, -0.2) is 9.13 Å². The maximum atomic E-state index is 11.9. The van der Waals surface area contributed by atoms with E-state index in [9.17, 15) is 28.0 Å². The minimum atomic E-state index is -4.51. The maximum Gasteiger partial charge on any atom is 0.472 e. The standard InChI is InChI=1S/C14H34O14P4/c1-5-13(9-25-29(3,15)16)11-27-31(19,20)23-7-8-24-32(21,22)28-12-14(6-2)10-26-30(4,17)18/h13-14H,5-12H2,1-4H3,(H,15,16)(H,17,18)(H,19,20)(H,21,22). The molecule has 14 nitrogen and oxygen atoms in total. The summed E-state index contributed by atoms with van der Waals surface area (Å²) in [6.07, 6.45) is 0.873. The van der Waals surface area contributed by atoms with Crippen LogP contribution in [0, 0.1) is 11.8 Å². The fourth-order valence-corrected chi connectivity index (χ4v) is 4.37. The molecule has 0 saturated carbocycles. The van der Waals surface area contributed by atoms with E-state index in [-0.39, 0.29) is 26.4 Å². The number of phosphoric acid groups is 2. The molecule has 18 heteroatoms. The molecule has 0 aliphatic heterocycles. The second-order valence-electron chi connectivity index (χ2n) is 6.94. The zero-order chi connectivity index (χ0) is 25.1. The van der Waals surface area contributed by atoms with Gasteiger partial charge in [0, 0.05) is 25.2 Å². The summed E-state index contributed by atoms with van der Waals surface area (Å²) in [6.45, 7) is 3.45. The van der Waals surface area contributed by atoms with Crippen molar-refractivity contribution in [2.24, 2.45) is 11.8 Å². The molecule has 0 amide bonds. The highest BCUT2D eigenvalue weighted by molar-refractivity contribution is 7.52. The van der Waals surface area contributed by atoms with Crippen LogP contribution >= 0.6 is 30.8 Å². The van der Waals surface area contributed by atoms with E-state index in [1.165, 1.54) is 0 Å². The lowest BCUT2D eigenvalue weighted by atomic mass is 10.1. The van der Waals surface area contributed by atoms with Gasteiger partial charge in [0.25, 0.3) is 0 Å². The Hall–Kier alpha value is 0.520. The number of phosphoric ester groups is 2. The lowest BCUT2D eigenvalue weighted by Gasteiger charge is -2.19. The normalized spacial score (nSPS) is 21.6. The third-order valence-electron chi connectivity index (χ3n) is 3.79. The van der Waals surface area contributed by atoms with Gasteiger partial charge in [0.2, 0.25) is 0 Å². The van der Waals surface area contributed by atoms with Gasteiger partial charge in [0.15, 0.2) is 0 Å². The highest BCUT2D eigenvalue weighted by Gasteiger charge is 2.27. The van der Waals surface area contributed by atoms with E-state index < -0.39 is 55.9 Å². The van der Waals surface area contributed by atoms with E-state index in [0.717, 1.165) is 13.3 Å². The van der Waals surface area contributed by atoms with Gasteiger partial charge in [-0.3, -0.25) is 27.2 Å². The highest BCUT2D eigenvalue weighted by atomic mass is 31.2. The molecule has 194 valence electrons. The SMILES string of the molecule is CCC(COP(C)(=O)O)COP(=O)(O)OCCOP(=O)(O)OCC(CC)COP(C)(=O)O. The van der Waals surface area contributed by atoms with Crippen LogP contribution in [0.1, 0.15) is 26.7 Å². The Balaban J connectivity index is 4.30. The molecular formula is C14H34O14P4. The Morgan fingerprint density at radius 2 is 0.844 bits per heavy atom. The second kappa shape index (κ2) is 14.8. The van der Waals surface area contributed by atoms with Gasteiger partial charge in [-0.1, -0.05) is 13.8 Å². The van der Waals surface area contributed by atoms with Crippen molar-refractivity contribution in [2.75, 3.05) is 53.0 Å². The molecule has 0 fully saturated rings. The quantitative estimate of drug-likeness (QED) is 0.135. The van der Waals surface area contributed by atoms with Crippen LogP contribution in [0.3, 0.4) is 0 Å². The third-order valence-corrected chi connectivity index (χ3v) is 7.02. The van der Waals surface area contributed by atoms with Crippen LogP contribution in [0.5, 0.6) is 0 Å². The molecule has 6 unspecified atom stereocenters. The summed E-state index contributed by atoms with van der Waals surface area (Å²) in [6, 6.07) is 0. The number of rotatable bonds is 19. The molecule has 0 aliphatic rings. The largest absolute Gasteiger partial charge is 0.472 e. The first-order valence-electron chi connectivity index (χ1n) is 9.62. The lowest BCUT2D eigenvalue weighted by molar-refractivity contribution is 0.0794. The Morgan fingerprint density at radius 1 is 0.562 bits per heavy atom. The van der Waals surface area contributed by atoms with Crippen LogP contribution in [-0.4, -0.2) is 72.5 Å². The van der Waals surface area contributed by atoms with Crippen molar-refractivity contribution < 1.29 is 65.0 Å². The van der Waals surface area contributed by atoms with Crippen molar-refractivity contribution in [1.82, 2.24) is 0 Å². The molecule has 0 saturated heterocycles. The van der Waals surface area contributed by atoms with Crippen LogP contribution in [0.15, 0.2) is 0 Å². The van der Waals surface area contributed by atoms with E-state index in [2.05, 4.69) is 9.05 Å². The molecule has 0 bridgehead atoms. The molecule has 32 heavy (non-hydrogen) atoms. The second-order valence-corrected chi connectivity index (χ2v) is 13.6. The summed E-state index contributed by atoms with van der Waals surface area (Å²) in [5.74, 6) is -0.880.